The third kappa shape index (κ3) is 8.46. The highest BCUT2D eigenvalue weighted by Crippen LogP contribution is 2.50. The van der Waals surface area contributed by atoms with Gasteiger partial charge in [0.2, 0.25) is 23.5 Å². The van der Waals surface area contributed by atoms with Gasteiger partial charge in [-0.25, -0.2) is 4.98 Å². The predicted octanol–water partition coefficient (Wildman–Crippen LogP) is 2.59. The van der Waals surface area contributed by atoms with E-state index >= 15 is 0 Å². The average molecular weight is 680 g/mol. The molecule has 1 aromatic heterocycles. The van der Waals surface area contributed by atoms with Crippen LogP contribution in [0.4, 0.5) is 0 Å². The fourth-order valence-corrected chi connectivity index (χ4v) is 7.84. The molecule has 13 heteroatoms. The first kappa shape index (κ1) is 36.4. The van der Waals surface area contributed by atoms with Gasteiger partial charge in [-0.3, -0.25) is 33.8 Å². The molecule has 13 nitrogen and oxygen atoms in total. The first-order valence-corrected chi connectivity index (χ1v) is 18.2. The van der Waals surface area contributed by atoms with Gasteiger partial charge in [0.15, 0.2) is 0 Å². The Bertz CT molecular complexity index is 1400. The quantitative estimate of drug-likeness (QED) is 0.244. The van der Waals surface area contributed by atoms with E-state index in [1.807, 2.05) is 20.8 Å². The molecule has 268 valence electrons. The van der Waals surface area contributed by atoms with Gasteiger partial charge < -0.3 is 26.2 Å². The van der Waals surface area contributed by atoms with Gasteiger partial charge in [-0.05, 0) is 56.3 Å². The lowest BCUT2D eigenvalue weighted by molar-refractivity contribution is -0.173. The molecule has 5 rings (SSSR count). The smallest absolute Gasteiger partial charge is 0.289 e. The molecule has 4 fully saturated rings. The van der Waals surface area contributed by atoms with Crippen LogP contribution in [0, 0.1) is 16.7 Å². The highest BCUT2D eigenvalue weighted by Gasteiger charge is 2.59. The summed E-state index contributed by atoms with van der Waals surface area (Å²) in [7, 11) is 0. The summed E-state index contributed by atoms with van der Waals surface area (Å²) < 4.78 is 0. The van der Waals surface area contributed by atoms with Crippen LogP contribution in [-0.2, 0) is 24.0 Å². The molecule has 0 radical (unpaired) electrons. The Morgan fingerprint density at radius 3 is 2.16 bits per heavy atom. The molecule has 4 aliphatic rings. The lowest BCUT2D eigenvalue weighted by atomic mass is 9.62. The number of nitrogens with one attached hydrogen (secondary N) is 4. The number of nitrogens with zero attached hydrogens (tertiary/aromatic N) is 3. The lowest BCUT2D eigenvalue weighted by Crippen LogP contribution is -2.75. The summed E-state index contributed by atoms with van der Waals surface area (Å²) in [6, 6.07) is -3.70. The molecule has 3 aliphatic carbocycles. The first-order chi connectivity index (χ1) is 23.3. The number of ketones is 1. The Balaban J connectivity index is 1.35. The molecule has 1 saturated heterocycles. The van der Waals surface area contributed by atoms with E-state index in [4.69, 9.17) is 0 Å². The van der Waals surface area contributed by atoms with Gasteiger partial charge >= 0.3 is 0 Å². The minimum absolute atomic E-state index is 0.0116. The third-order valence-electron chi connectivity index (χ3n) is 10.8. The maximum absolute atomic E-state index is 14.5. The first-order valence-electron chi connectivity index (χ1n) is 18.2. The normalized spacial score (nSPS) is 22.5. The summed E-state index contributed by atoms with van der Waals surface area (Å²) in [5.74, 6) is -3.29. The van der Waals surface area contributed by atoms with Crippen LogP contribution in [0.5, 0.6) is 0 Å². The number of aromatic nitrogens is 2. The number of hydrogen-bond donors (Lipinski definition) is 4. The molecule has 1 spiro atoms. The van der Waals surface area contributed by atoms with Crippen LogP contribution in [0.2, 0.25) is 0 Å². The van der Waals surface area contributed by atoms with Crippen molar-refractivity contribution in [3.05, 3.63) is 24.3 Å². The van der Waals surface area contributed by atoms with Crippen molar-refractivity contribution >= 4 is 35.3 Å². The molecule has 4 N–H and O–H groups in total. The Labute approximate surface area is 288 Å². The van der Waals surface area contributed by atoms with E-state index in [2.05, 4.69) is 31.2 Å². The van der Waals surface area contributed by atoms with Gasteiger partial charge in [-0.1, -0.05) is 66.2 Å². The molecule has 4 atom stereocenters. The number of amides is 5. The van der Waals surface area contributed by atoms with Crippen molar-refractivity contribution in [1.82, 2.24) is 36.1 Å². The van der Waals surface area contributed by atoms with E-state index in [0.29, 0.717) is 6.54 Å². The zero-order chi connectivity index (χ0) is 35.3. The van der Waals surface area contributed by atoms with Crippen LogP contribution in [0.15, 0.2) is 18.6 Å². The Morgan fingerprint density at radius 2 is 1.57 bits per heavy atom. The second-order valence-electron chi connectivity index (χ2n) is 15.6. The average Bonchev–Trinajstić information content (AvgIpc) is 3.91. The van der Waals surface area contributed by atoms with Gasteiger partial charge in [0.25, 0.3) is 11.8 Å². The van der Waals surface area contributed by atoms with Gasteiger partial charge in [-0.2, -0.15) is 0 Å². The van der Waals surface area contributed by atoms with E-state index in [1.54, 1.807) is 11.8 Å². The van der Waals surface area contributed by atoms with Crippen LogP contribution in [0.1, 0.15) is 122 Å². The van der Waals surface area contributed by atoms with Crippen molar-refractivity contribution in [3.8, 4) is 0 Å². The number of hydrogen-bond acceptors (Lipinski definition) is 8. The van der Waals surface area contributed by atoms with Crippen molar-refractivity contribution < 1.29 is 28.8 Å². The molecular formula is C36H53N7O6. The van der Waals surface area contributed by atoms with Crippen LogP contribution in [0.3, 0.4) is 0 Å². The minimum atomic E-state index is -1.00. The second kappa shape index (κ2) is 15.3. The van der Waals surface area contributed by atoms with Crippen molar-refractivity contribution in [2.75, 3.05) is 6.54 Å². The summed E-state index contributed by atoms with van der Waals surface area (Å²) in [5, 5.41) is 11.4. The Kier molecular flexibility index (Phi) is 11.4. The lowest BCUT2D eigenvalue weighted by Gasteiger charge is -2.59. The summed E-state index contributed by atoms with van der Waals surface area (Å²) in [4.78, 5) is 91.1. The monoisotopic (exact) mass is 679 g/mol. The molecule has 3 saturated carbocycles. The molecular weight excluding hydrogens is 626 g/mol. The van der Waals surface area contributed by atoms with E-state index in [9.17, 15) is 28.8 Å². The Hall–Kier alpha value is -3.90. The minimum Gasteiger partial charge on any atom is -0.347 e. The molecule has 1 aliphatic heterocycles. The van der Waals surface area contributed by atoms with Gasteiger partial charge in [0.05, 0.1) is 12.2 Å². The molecule has 49 heavy (non-hydrogen) atoms. The zero-order valence-electron chi connectivity index (χ0n) is 29.4. The molecule has 0 bridgehead atoms. The van der Waals surface area contributed by atoms with E-state index in [0.717, 1.165) is 77.0 Å². The SMILES string of the molecule is CCC(NC(=O)C1N(C(=O)[C@@H](NC(=O)[C@@H](NC(=O)c2cnccn2)C2CCCCC2)C(C)(C)C)CC12CCCCC2)C(=O)C(=O)NC1CC1. The van der Waals surface area contributed by atoms with Crippen molar-refractivity contribution in [3.63, 3.8) is 0 Å². The second-order valence-corrected chi connectivity index (χ2v) is 15.6. The van der Waals surface area contributed by atoms with E-state index < -0.39 is 64.4 Å². The number of Topliss-reactive ketones (excluding diaryl/α,β-unsaturated/α-hetero) is 1. The zero-order valence-corrected chi connectivity index (χ0v) is 29.4. The fraction of sp³-hybridized carbons (Fsp3) is 0.722. The largest absolute Gasteiger partial charge is 0.347 e. The molecule has 1 aromatic rings. The van der Waals surface area contributed by atoms with Crippen molar-refractivity contribution in [2.45, 2.75) is 141 Å². The van der Waals surface area contributed by atoms with Crippen LogP contribution < -0.4 is 21.3 Å². The Morgan fingerprint density at radius 1 is 0.898 bits per heavy atom. The number of carbonyl (C=O) groups excluding carboxylic acids is 6. The number of carbonyl (C=O) groups is 6. The fourth-order valence-electron chi connectivity index (χ4n) is 7.84. The third-order valence-corrected chi connectivity index (χ3v) is 10.8. The molecule has 2 unspecified atom stereocenters. The highest BCUT2D eigenvalue weighted by molar-refractivity contribution is 6.38. The standard InChI is InChI=1S/C36H53N7O6/c1-5-24(27(44)32(47)39-23-14-15-23)40-33(48)29-36(16-10-7-11-17-36)21-43(29)34(49)28(35(2,3)4)42-31(46)26(22-12-8-6-9-13-22)41-30(45)25-20-37-18-19-38-25/h18-20,22-24,26,28-29H,5-17,21H2,1-4H3,(H,39,47)(H,40,48)(H,41,45)(H,42,46)/t24?,26-,28+,29?/m0/s1. The van der Waals surface area contributed by atoms with Crippen molar-refractivity contribution in [2.24, 2.45) is 16.7 Å². The number of rotatable bonds is 12. The summed E-state index contributed by atoms with van der Waals surface area (Å²) in [6.07, 6.45) is 15.0. The van der Waals surface area contributed by atoms with Gasteiger partial charge in [0.1, 0.15) is 23.8 Å². The van der Waals surface area contributed by atoms with Gasteiger partial charge in [-0.15, -0.1) is 0 Å². The van der Waals surface area contributed by atoms with E-state index in [-0.39, 0.29) is 30.0 Å². The van der Waals surface area contributed by atoms with Crippen LogP contribution in [0.25, 0.3) is 0 Å². The maximum atomic E-state index is 14.5. The van der Waals surface area contributed by atoms with Crippen LogP contribution >= 0.6 is 0 Å². The topological polar surface area (TPSA) is 180 Å². The summed E-state index contributed by atoms with van der Waals surface area (Å²) >= 11 is 0. The maximum Gasteiger partial charge on any atom is 0.289 e. The van der Waals surface area contributed by atoms with Crippen molar-refractivity contribution in [1.29, 1.82) is 0 Å². The van der Waals surface area contributed by atoms with Gasteiger partial charge in [0, 0.05) is 30.4 Å². The molecule has 5 amide bonds. The summed E-state index contributed by atoms with van der Waals surface area (Å²) in [5.41, 5.74) is -1.07. The van der Waals surface area contributed by atoms with E-state index in [1.165, 1.54) is 18.6 Å². The molecule has 0 aromatic carbocycles. The molecule has 2 heterocycles. The number of likely N-dealkylation sites (tertiary alicyclic amines) is 1. The highest BCUT2D eigenvalue weighted by atomic mass is 16.2. The summed E-state index contributed by atoms with van der Waals surface area (Å²) in [6.45, 7) is 7.69. The predicted molar refractivity (Wildman–Crippen MR) is 181 cm³/mol. The van der Waals surface area contributed by atoms with Crippen LogP contribution in [-0.4, -0.2) is 86.9 Å².